The first-order valence-electron chi connectivity index (χ1n) is 11.3. The summed E-state index contributed by atoms with van der Waals surface area (Å²) >= 11 is 0. The van der Waals surface area contributed by atoms with Crippen molar-refractivity contribution in [2.45, 2.75) is 27.0 Å². The lowest BCUT2D eigenvalue weighted by molar-refractivity contribution is -0.121. The second-order valence-electron chi connectivity index (χ2n) is 8.15. The van der Waals surface area contributed by atoms with E-state index in [0.29, 0.717) is 32.2 Å². The van der Waals surface area contributed by atoms with E-state index in [1.54, 1.807) is 15.6 Å². The van der Waals surface area contributed by atoms with Crippen LogP contribution in [0, 0.1) is 6.92 Å². The van der Waals surface area contributed by atoms with Gasteiger partial charge in [0.2, 0.25) is 11.8 Å². The summed E-state index contributed by atoms with van der Waals surface area (Å²) in [5.41, 5.74) is 6.21. The van der Waals surface area contributed by atoms with E-state index in [1.165, 1.54) is 0 Å². The van der Waals surface area contributed by atoms with Gasteiger partial charge in [-0.3, -0.25) is 14.6 Å². The van der Waals surface area contributed by atoms with E-state index in [1.807, 2.05) is 45.2 Å². The number of rotatable bonds is 3. The summed E-state index contributed by atoms with van der Waals surface area (Å²) in [5, 5.41) is 20.4. The Balaban J connectivity index is 1.59. The molecule has 5 rings (SSSR count). The molecule has 10 heteroatoms. The number of carbonyl (C=O) groups excluding carboxylic acids is 1. The van der Waals surface area contributed by atoms with Crippen LogP contribution in [-0.4, -0.2) is 55.4 Å². The van der Waals surface area contributed by atoms with Crippen LogP contribution >= 0.6 is 0 Å². The molecule has 0 spiro atoms. The highest BCUT2D eigenvalue weighted by Crippen LogP contribution is 2.32. The van der Waals surface area contributed by atoms with Gasteiger partial charge in [0, 0.05) is 24.5 Å². The number of benzene rings is 1. The third-order valence-electron chi connectivity index (χ3n) is 5.85. The highest BCUT2D eigenvalue weighted by molar-refractivity contribution is 5.93. The van der Waals surface area contributed by atoms with Gasteiger partial charge in [-0.1, -0.05) is 6.07 Å². The number of amides is 1. The number of nitrogens with one attached hydrogen (secondary N) is 2. The van der Waals surface area contributed by atoms with Crippen molar-refractivity contribution in [3.8, 4) is 17.0 Å². The zero-order chi connectivity index (χ0) is 23.7. The van der Waals surface area contributed by atoms with Crippen LogP contribution in [0.5, 0.6) is 5.88 Å². The Bertz CT molecular complexity index is 1380. The molecule has 2 bridgehead atoms. The summed E-state index contributed by atoms with van der Waals surface area (Å²) in [6, 6.07) is 6.12. The molecule has 1 amide bonds. The molecule has 34 heavy (non-hydrogen) atoms. The third kappa shape index (κ3) is 4.08. The minimum atomic E-state index is -0.0921. The largest absolute Gasteiger partial charge is 0.475 e. The zero-order valence-corrected chi connectivity index (χ0v) is 19.5. The van der Waals surface area contributed by atoms with Gasteiger partial charge < -0.3 is 14.8 Å². The van der Waals surface area contributed by atoms with Crippen LogP contribution in [0.2, 0.25) is 0 Å². The fourth-order valence-electron chi connectivity index (χ4n) is 4.18. The molecule has 176 valence electrons. The van der Waals surface area contributed by atoms with Crippen molar-refractivity contribution >= 4 is 29.0 Å². The lowest BCUT2D eigenvalue weighted by Gasteiger charge is -2.11. The smallest absolute Gasteiger partial charge is 0.241 e. The van der Waals surface area contributed by atoms with E-state index in [2.05, 4.69) is 31.8 Å². The maximum Gasteiger partial charge on any atom is 0.241 e. The lowest BCUT2D eigenvalue weighted by Crippen LogP contribution is -2.28. The van der Waals surface area contributed by atoms with Gasteiger partial charge in [0.1, 0.15) is 13.2 Å². The van der Waals surface area contributed by atoms with Crippen LogP contribution in [0.3, 0.4) is 0 Å². The molecule has 2 N–H and O–H groups in total. The number of hydrogen-bond acceptors (Lipinski definition) is 6. The van der Waals surface area contributed by atoms with Crippen LogP contribution < -0.4 is 10.1 Å². The summed E-state index contributed by atoms with van der Waals surface area (Å²) in [6.07, 6.45) is 5.76. The zero-order valence-electron chi connectivity index (χ0n) is 19.5. The second-order valence-corrected chi connectivity index (χ2v) is 8.15. The first kappa shape index (κ1) is 21.9. The van der Waals surface area contributed by atoms with Crippen molar-refractivity contribution in [3.05, 3.63) is 47.0 Å². The van der Waals surface area contributed by atoms with Crippen LogP contribution in [-0.2, 0) is 29.7 Å². The Hall–Kier alpha value is -3.92. The minimum Gasteiger partial charge on any atom is -0.475 e. The Kier molecular flexibility index (Phi) is 5.89. The van der Waals surface area contributed by atoms with Crippen molar-refractivity contribution in [2.24, 2.45) is 7.05 Å². The monoisotopic (exact) mass is 461 g/mol. The van der Waals surface area contributed by atoms with E-state index >= 15 is 0 Å². The molecule has 4 heterocycles. The number of H-pyrrole nitrogens is 1. The Labute approximate surface area is 196 Å². The lowest BCUT2D eigenvalue weighted by atomic mass is 10.0. The van der Waals surface area contributed by atoms with Crippen molar-refractivity contribution in [1.82, 2.24) is 35.1 Å². The van der Waals surface area contributed by atoms with Crippen LogP contribution in [0.25, 0.3) is 34.2 Å². The quantitative estimate of drug-likeness (QED) is 0.485. The fraction of sp³-hybridized carbons (Fsp3) is 0.333. The van der Waals surface area contributed by atoms with Crippen molar-refractivity contribution in [3.63, 3.8) is 0 Å². The van der Waals surface area contributed by atoms with Gasteiger partial charge in [-0.2, -0.15) is 15.3 Å². The maximum atomic E-state index is 12.2. The number of aromatic nitrogens is 6. The van der Waals surface area contributed by atoms with Crippen molar-refractivity contribution in [1.29, 1.82) is 0 Å². The van der Waals surface area contributed by atoms with Crippen LogP contribution in [0.4, 0.5) is 0 Å². The Morgan fingerprint density at radius 3 is 3.00 bits per heavy atom. The summed E-state index contributed by atoms with van der Waals surface area (Å²) in [6.45, 7) is 5.55. The third-order valence-corrected chi connectivity index (χ3v) is 5.85. The fourth-order valence-corrected chi connectivity index (χ4v) is 4.18. The summed E-state index contributed by atoms with van der Waals surface area (Å²) < 4.78 is 15.4. The average molecular weight is 462 g/mol. The van der Waals surface area contributed by atoms with E-state index in [9.17, 15) is 4.79 Å². The molecule has 0 atom stereocenters. The Morgan fingerprint density at radius 1 is 1.26 bits per heavy atom. The first-order valence-corrected chi connectivity index (χ1v) is 11.3. The van der Waals surface area contributed by atoms with Gasteiger partial charge in [-0.05, 0) is 43.7 Å². The highest BCUT2D eigenvalue weighted by Gasteiger charge is 2.18. The van der Waals surface area contributed by atoms with Gasteiger partial charge in [0.25, 0.3) is 0 Å². The summed E-state index contributed by atoms with van der Waals surface area (Å²) in [7, 11) is 1.85. The number of aromatic amines is 1. The normalized spacial score (nSPS) is 14.7. The number of carbonyl (C=O) groups is 1. The van der Waals surface area contributed by atoms with Gasteiger partial charge in [0.15, 0.2) is 0 Å². The number of likely N-dealkylation sites (N-methyl/N-ethyl adjacent to an activating group) is 1. The topological polar surface area (TPSA) is 112 Å². The van der Waals surface area contributed by atoms with E-state index in [0.717, 1.165) is 44.7 Å². The van der Waals surface area contributed by atoms with Gasteiger partial charge in [0.05, 0.1) is 47.6 Å². The summed E-state index contributed by atoms with van der Waals surface area (Å²) in [5.74, 6) is 0.585. The van der Waals surface area contributed by atoms with E-state index in [-0.39, 0.29) is 12.5 Å². The molecular weight excluding hydrogens is 434 g/mol. The van der Waals surface area contributed by atoms with Gasteiger partial charge in [-0.15, -0.1) is 0 Å². The number of fused-ring (bicyclic) bond motifs is 4. The number of ether oxygens (including phenoxy) is 2. The molecule has 0 saturated heterocycles. The molecule has 0 radical (unpaired) electrons. The van der Waals surface area contributed by atoms with Crippen molar-refractivity contribution < 1.29 is 14.3 Å². The number of nitrogens with zero attached hydrogens (tertiary/aromatic N) is 5. The van der Waals surface area contributed by atoms with Gasteiger partial charge in [-0.25, -0.2) is 4.68 Å². The van der Waals surface area contributed by atoms with Crippen LogP contribution in [0.1, 0.15) is 29.6 Å². The minimum absolute atomic E-state index is 0.0921. The number of hydrogen-bond donors (Lipinski definition) is 2. The molecule has 10 nitrogen and oxygen atoms in total. The second kappa shape index (κ2) is 9.14. The first-order chi connectivity index (χ1) is 16.5. The predicted octanol–water partition coefficient (Wildman–Crippen LogP) is 2.68. The molecule has 1 aliphatic heterocycles. The van der Waals surface area contributed by atoms with E-state index < -0.39 is 0 Å². The van der Waals surface area contributed by atoms with Crippen LogP contribution in [0.15, 0.2) is 24.4 Å². The molecule has 0 saturated carbocycles. The average Bonchev–Trinajstić information content (AvgIpc) is 3.47. The molecule has 0 unspecified atom stereocenters. The molecule has 0 aliphatic carbocycles. The molecule has 1 aliphatic rings. The summed E-state index contributed by atoms with van der Waals surface area (Å²) in [4.78, 5) is 12.2. The molecular formula is C24H27N7O3. The predicted molar refractivity (Wildman–Crippen MR) is 128 cm³/mol. The maximum absolute atomic E-state index is 12.2. The SMILES string of the molecule is CCNC(=O)Cn1nc(C)c2c1COCCOc1c(cnn1C)-c1ccc3[nH]nc(c3c1)/C=C/2. The molecule has 3 aromatic heterocycles. The van der Waals surface area contributed by atoms with Gasteiger partial charge >= 0.3 is 0 Å². The molecule has 4 aromatic rings. The van der Waals surface area contributed by atoms with Crippen molar-refractivity contribution in [2.75, 3.05) is 19.8 Å². The standard InChI is InChI=1S/C24H27N7O3/c1-4-25-23(32)13-31-22-14-33-9-10-34-24-19(12-26-30(24)3)16-5-7-20-18(11-16)21(28-27-20)8-6-17(22)15(2)29-31/h5-8,11-12H,4,9-10,13-14H2,1-3H3,(H,25,32)(H,27,28)/b8-6+. The highest BCUT2D eigenvalue weighted by atomic mass is 16.5. The molecule has 0 fully saturated rings. The molecule has 1 aromatic carbocycles. The number of aryl methyl sites for hydroxylation is 2. The van der Waals surface area contributed by atoms with E-state index in [4.69, 9.17) is 9.47 Å². The Morgan fingerprint density at radius 2 is 2.15 bits per heavy atom.